The summed E-state index contributed by atoms with van der Waals surface area (Å²) in [5.41, 5.74) is 0.715. The Labute approximate surface area is 103 Å². The van der Waals surface area contributed by atoms with Crippen molar-refractivity contribution in [3.05, 3.63) is 30.6 Å². The highest BCUT2D eigenvalue weighted by molar-refractivity contribution is 5.87. The fourth-order valence-corrected chi connectivity index (χ4v) is 1.78. The molecule has 90 valence electrons. The van der Waals surface area contributed by atoms with Crippen LogP contribution >= 0.6 is 0 Å². The van der Waals surface area contributed by atoms with Crippen molar-refractivity contribution in [2.24, 2.45) is 0 Å². The van der Waals surface area contributed by atoms with E-state index in [0.29, 0.717) is 17.3 Å². The fraction of sp³-hybridized carbons (Fsp3) is 0.182. The lowest BCUT2D eigenvalue weighted by Crippen LogP contribution is -2.03. The molecule has 0 amide bonds. The van der Waals surface area contributed by atoms with E-state index in [0.717, 1.165) is 11.2 Å². The number of aromatic nitrogens is 6. The first-order valence-corrected chi connectivity index (χ1v) is 5.46. The van der Waals surface area contributed by atoms with Crippen LogP contribution in [0.15, 0.2) is 24.8 Å². The van der Waals surface area contributed by atoms with Gasteiger partial charge in [-0.3, -0.25) is 4.98 Å². The van der Waals surface area contributed by atoms with Crippen LogP contribution in [0, 0.1) is 6.92 Å². The number of hydrogen-bond acceptors (Lipinski definition) is 6. The molecule has 0 atom stereocenters. The maximum absolute atomic E-state index is 4.40. The van der Waals surface area contributed by atoms with Crippen molar-refractivity contribution < 1.29 is 0 Å². The number of fused-ring (bicyclic) bond motifs is 1. The molecular formula is C11H11N7. The number of nitrogens with zero attached hydrogens (tertiary/aromatic N) is 6. The second-order valence-corrected chi connectivity index (χ2v) is 3.73. The summed E-state index contributed by atoms with van der Waals surface area (Å²) < 4.78 is 1.65. The highest BCUT2D eigenvalue weighted by Gasteiger charge is 2.12. The van der Waals surface area contributed by atoms with E-state index in [4.69, 9.17) is 0 Å². The van der Waals surface area contributed by atoms with Gasteiger partial charge >= 0.3 is 0 Å². The van der Waals surface area contributed by atoms with Crippen molar-refractivity contribution in [3.8, 4) is 5.82 Å². The van der Waals surface area contributed by atoms with Crippen molar-refractivity contribution in [1.82, 2.24) is 29.7 Å². The monoisotopic (exact) mass is 241 g/mol. The van der Waals surface area contributed by atoms with Gasteiger partial charge in [-0.1, -0.05) is 0 Å². The molecule has 0 saturated heterocycles. The summed E-state index contributed by atoms with van der Waals surface area (Å²) in [6.45, 7) is 1.84. The maximum Gasteiger partial charge on any atom is 0.174 e. The molecule has 0 saturated carbocycles. The summed E-state index contributed by atoms with van der Waals surface area (Å²) in [5.74, 6) is 2.07. The van der Waals surface area contributed by atoms with Gasteiger partial charge in [-0.25, -0.2) is 15.0 Å². The number of aryl methyl sites for hydroxylation is 1. The molecule has 3 rings (SSSR count). The van der Waals surface area contributed by atoms with Crippen molar-refractivity contribution in [3.63, 3.8) is 0 Å². The third kappa shape index (κ3) is 1.56. The molecular weight excluding hydrogens is 230 g/mol. The Kier molecular flexibility index (Phi) is 2.36. The van der Waals surface area contributed by atoms with E-state index in [1.807, 2.05) is 14.0 Å². The second-order valence-electron chi connectivity index (χ2n) is 3.73. The van der Waals surface area contributed by atoms with Gasteiger partial charge in [-0.2, -0.15) is 9.78 Å². The van der Waals surface area contributed by atoms with Crippen LogP contribution in [0.3, 0.4) is 0 Å². The smallest absolute Gasteiger partial charge is 0.174 e. The van der Waals surface area contributed by atoms with E-state index >= 15 is 0 Å². The molecule has 0 radical (unpaired) electrons. The second kappa shape index (κ2) is 4.02. The maximum atomic E-state index is 4.40. The predicted octanol–water partition coefficient (Wildman–Crippen LogP) is 0.956. The molecule has 0 aliphatic heterocycles. The minimum Gasteiger partial charge on any atom is -0.372 e. The molecule has 0 bridgehead atoms. The Morgan fingerprint density at radius 1 is 1.17 bits per heavy atom. The van der Waals surface area contributed by atoms with Crippen LogP contribution in [-0.2, 0) is 0 Å². The quantitative estimate of drug-likeness (QED) is 0.719. The van der Waals surface area contributed by atoms with Gasteiger partial charge < -0.3 is 5.32 Å². The van der Waals surface area contributed by atoms with E-state index < -0.39 is 0 Å². The summed E-state index contributed by atoms with van der Waals surface area (Å²) in [6.07, 6.45) is 6.60. The van der Waals surface area contributed by atoms with Crippen molar-refractivity contribution >= 4 is 16.9 Å². The van der Waals surface area contributed by atoms with Crippen LogP contribution < -0.4 is 5.32 Å². The highest BCUT2D eigenvalue weighted by Crippen LogP contribution is 2.20. The van der Waals surface area contributed by atoms with Crippen LogP contribution in [0.1, 0.15) is 5.82 Å². The van der Waals surface area contributed by atoms with E-state index in [1.54, 1.807) is 29.5 Å². The zero-order chi connectivity index (χ0) is 12.5. The summed E-state index contributed by atoms with van der Waals surface area (Å²) in [7, 11) is 1.82. The fourth-order valence-electron chi connectivity index (χ4n) is 1.78. The van der Waals surface area contributed by atoms with Gasteiger partial charge in [0.05, 0.1) is 17.8 Å². The summed E-state index contributed by atoms with van der Waals surface area (Å²) in [4.78, 5) is 17.0. The molecule has 0 unspecified atom stereocenters. The number of hydrogen-bond donors (Lipinski definition) is 1. The Morgan fingerprint density at radius 2 is 2.06 bits per heavy atom. The zero-order valence-electron chi connectivity index (χ0n) is 9.99. The molecule has 0 aliphatic carbocycles. The molecule has 0 spiro atoms. The van der Waals surface area contributed by atoms with Crippen LogP contribution in [0.5, 0.6) is 0 Å². The first-order valence-electron chi connectivity index (χ1n) is 5.46. The Morgan fingerprint density at radius 3 is 2.78 bits per heavy atom. The van der Waals surface area contributed by atoms with Crippen LogP contribution in [-0.4, -0.2) is 36.8 Å². The minimum atomic E-state index is 0.632. The molecule has 3 aromatic rings. The standard InChI is InChI=1S/C11H11N7/c1-7-16-10(12-2)8-5-15-18(11(8)17-7)9-6-13-3-4-14-9/h3-6H,1-2H3,(H,12,16,17). The van der Waals surface area contributed by atoms with Crippen LogP contribution in [0.2, 0.25) is 0 Å². The van der Waals surface area contributed by atoms with Gasteiger partial charge in [-0.05, 0) is 6.92 Å². The summed E-state index contributed by atoms with van der Waals surface area (Å²) in [6, 6.07) is 0. The molecule has 1 N–H and O–H groups in total. The molecule has 0 aliphatic rings. The first kappa shape index (κ1) is 10.6. The normalized spacial score (nSPS) is 10.8. The Hall–Kier alpha value is -2.57. The van der Waals surface area contributed by atoms with E-state index in [1.165, 1.54) is 0 Å². The topological polar surface area (TPSA) is 81.4 Å². The van der Waals surface area contributed by atoms with E-state index in [-0.39, 0.29) is 0 Å². The van der Waals surface area contributed by atoms with Crippen molar-refractivity contribution in [1.29, 1.82) is 0 Å². The molecule has 3 aromatic heterocycles. The number of anilines is 1. The van der Waals surface area contributed by atoms with Crippen LogP contribution in [0.25, 0.3) is 16.9 Å². The number of rotatable bonds is 2. The average Bonchev–Trinajstić information content (AvgIpc) is 2.82. The van der Waals surface area contributed by atoms with Crippen molar-refractivity contribution in [2.45, 2.75) is 6.92 Å². The number of nitrogens with one attached hydrogen (secondary N) is 1. The third-order valence-corrected chi connectivity index (χ3v) is 2.54. The van der Waals surface area contributed by atoms with Gasteiger partial charge in [0.15, 0.2) is 11.5 Å². The summed E-state index contributed by atoms with van der Waals surface area (Å²) in [5, 5.41) is 8.18. The minimum absolute atomic E-state index is 0.632. The average molecular weight is 241 g/mol. The zero-order valence-corrected chi connectivity index (χ0v) is 9.99. The SMILES string of the molecule is CNc1nc(C)nc2c1cnn2-c1cnccn1. The lowest BCUT2D eigenvalue weighted by Gasteiger charge is -2.04. The van der Waals surface area contributed by atoms with Crippen LogP contribution in [0.4, 0.5) is 5.82 Å². The molecule has 18 heavy (non-hydrogen) atoms. The van der Waals surface area contributed by atoms with Gasteiger partial charge in [-0.15, -0.1) is 0 Å². The van der Waals surface area contributed by atoms with Gasteiger partial charge in [0.1, 0.15) is 11.6 Å². The Bertz CT molecular complexity index is 689. The van der Waals surface area contributed by atoms with Gasteiger partial charge in [0.25, 0.3) is 0 Å². The molecule has 7 nitrogen and oxygen atoms in total. The largest absolute Gasteiger partial charge is 0.372 e. The van der Waals surface area contributed by atoms with E-state index in [2.05, 4.69) is 30.4 Å². The van der Waals surface area contributed by atoms with Gasteiger partial charge in [0, 0.05) is 19.4 Å². The highest BCUT2D eigenvalue weighted by atomic mass is 15.3. The Balaban J connectivity index is 2.30. The lowest BCUT2D eigenvalue weighted by atomic mass is 10.4. The molecule has 3 heterocycles. The molecule has 0 aromatic carbocycles. The van der Waals surface area contributed by atoms with E-state index in [9.17, 15) is 0 Å². The van der Waals surface area contributed by atoms with Crippen molar-refractivity contribution in [2.75, 3.05) is 12.4 Å². The first-order chi connectivity index (χ1) is 8.79. The summed E-state index contributed by atoms with van der Waals surface area (Å²) >= 11 is 0. The van der Waals surface area contributed by atoms with Gasteiger partial charge in [0.2, 0.25) is 0 Å². The lowest BCUT2D eigenvalue weighted by molar-refractivity contribution is 0.848. The molecule has 0 fully saturated rings. The third-order valence-electron chi connectivity index (χ3n) is 2.54. The molecule has 7 heteroatoms. The predicted molar refractivity (Wildman–Crippen MR) is 66.5 cm³/mol.